The maximum atomic E-state index is 12.2. The van der Waals surface area contributed by atoms with Crippen molar-refractivity contribution in [1.82, 2.24) is 10.6 Å². The minimum atomic E-state index is -0.156. The number of amides is 2. The van der Waals surface area contributed by atoms with Crippen LogP contribution in [0.5, 0.6) is 0 Å². The van der Waals surface area contributed by atoms with Crippen LogP contribution < -0.4 is 16.0 Å². The average Bonchev–Trinajstić information content (AvgIpc) is 2.38. The summed E-state index contributed by atoms with van der Waals surface area (Å²) in [5.74, 6) is 0.224. The number of halogens is 1. The zero-order valence-electron chi connectivity index (χ0n) is 12.5. The lowest BCUT2D eigenvalue weighted by molar-refractivity contribution is -0.121. The third kappa shape index (κ3) is 3.95. The maximum absolute atomic E-state index is 12.2. The molecule has 1 aromatic carbocycles. The number of hydrogen-bond donors (Lipinski definition) is 3. The number of anilines is 1. The van der Waals surface area contributed by atoms with Crippen molar-refractivity contribution in [3.05, 3.63) is 29.3 Å². The summed E-state index contributed by atoms with van der Waals surface area (Å²) >= 11 is 0. The molecular formula is C15H22ClN3O2. The molecule has 1 atom stereocenters. The third-order valence-electron chi connectivity index (χ3n) is 3.92. The van der Waals surface area contributed by atoms with Gasteiger partial charge in [0.05, 0.1) is 0 Å². The van der Waals surface area contributed by atoms with Gasteiger partial charge in [-0.2, -0.15) is 0 Å². The number of nitrogens with one attached hydrogen (secondary N) is 3. The quantitative estimate of drug-likeness (QED) is 0.790. The fourth-order valence-corrected chi connectivity index (χ4v) is 2.17. The summed E-state index contributed by atoms with van der Waals surface area (Å²) < 4.78 is 0. The van der Waals surface area contributed by atoms with Crippen molar-refractivity contribution in [3.63, 3.8) is 0 Å². The molecule has 116 valence electrons. The topological polar surface area (TPSA) is 70.2 Å². The summed E-state index contributed by atoms with van der Waals surface area (Å²) in [7, 11) is 1.59. The number of aryl methyl sites for hydroxylation is 1. The molecule has 0 saturated carbocycles. The summed E-state index contributed by atoms with van der Waals surface area (Å²) in [5, 5.41) is 8.68. The molecule has 21 heavy (non-hydrogen) atoms. The number of hydrogen-bond acceptors (Lipinski definition) is 3. The van der Waals surface area contributed by atoms with E-state index in [0.29, 0.717) is 17.2 Å². The Labute approximate surface area is 131 Å². The van der Waals surface area contributed by atoms with Crippen LogP contribution in [-0.4, -0.2) is 32.0 Å². The van der Waals surface area contributed by atoms with Gasteiger partial charge in [0.1, 0.15) is 0 Å². The van der Waals surface area contributed by atoms with E-state index in [9.17, 15) is 9.59 Å². The van der Waals surface area contributed by atoms with Crippen LogP contribution in [0.4, 0.5) is 5.69 Å². The molecule has 0 aromatic heterocycles. The van der Waals surface area contributed by atoms with Crippen molar-refractivity contribution in [1.29, 1.82) is 0 Å². The standard InChI is InChI=1S/C15H21N3O2.ClH/c1-9-4-5-11(15(20)16-3)6-13(9)18-14(19)10(2)12-7-17-8-12;/h4-6,10,12,17H,7-8H2,1-3H3,(H,16,20)(H,18,19);1H. The van der Waals surface area contributed by atoms with Crippen LogP contribution in [0.15, 0.2) is 18.2 Å². The van der Waals surface area contributed by atoms with E-state index >= 15 is 0 Å². The lowest BCUT2D eigenvalue weighted by Crippen LogP contribution is -2.48. The second-order valence-electron chi connectivity index (χ2n) is 5.31. The molecule has 2 rings (SSSR count). The van der Waals surface area contributed by atoms with E-state index in [1.165, 1.54) is 0 Å². The van der Waals surface area contributed by atoms with E-state index in [4.69, 9.17) is 0 Å². The predicted molar refractivity (Wildman–Crippen MR) is 86.0 cm³/mol. The molecule has 0 spiro atoms. The van der Waals surface area contributed by atoms with Crippen LogP contribution >= 0.6 is 12.4 Å². The average molecular weight is 312 g/mol. The molecule has 3 N–H and O–H groups in total. The SMILES string of the molecule is CNC(=O)c1ccc(C)c(NC(=O)C(C)C2CNC2)c1.Cl. The molecule has 1 aliphatic rings. The molecule has 1 heterocycles. The molecule has 6 heteroatoms. The number of carbonyl (C=O) groups excluding carboxylic acids is 2. The molecule has 1 aromatic rings. The van der Waals surface area contributed by atoms with Crippen LogP contribution in [-0.2, 0) is 4.79 Å². The normalized spacial score (nSPS) is 15.4. The first-order chi connectivity index (χ1) is 9.52. The number of carbonyl (C=O) groups is 2. The van der Waals surface area contributed by atoms with Crippen LogP contribution in [0, 0.1) is 18.8 Å². The highest BCUT2D eigenvalue weighted by molar-refractivity contribution is 5.98. The van der Waals surface area contributed by atoms with E-state index < -0.39 is 0 Å². The fourth-order valence-electron chi connectivity index (χ4n) is 2.17. The van der Waals surface area contributed by atoms with Gasteiger partial charge in [0, 0.05) is 24.2 Å². The Kier molecular flexibility index (Phi) is 6.18. The van der Waals surface area contributed by atoms with Crippen molar-refractivity contribution in [2.45, 2.75) is 13.8 Å². The Bertz CT molecular complexity index is 530. The maximum Gasteiger partial charge on any atom is 0.251 e. The molecule has 0 radical (unpaired) electrons. The first kappa shape index (κ1) is 17.5. The summed E-state index contributed by atoms with van der Waals surface area (Å²) in [5.41, 5.74) is 2.20. The number of benzene rings is 1. The Morgan fingerprint density at radius 2 is 2.00 bits per heavy atom. The van der Waals surface area contributed by atoms with Gasteiger partial charge in [-0.15, -0.1) is 12.4 Å². The smallest absolute Gasteiger partial charge is 0.251 e. The first-order valence-electron chi connectivity index (χ1n) is 6.87. The van der Waals surface area contributed by atoms with Gasteiger partial charge >= 0.3 is 0 Å². The van der Waals surface area contributed by atoms with Crippen LogP contribution in [0.2, 0.25) is 0 Å². The Morgan fingerprint density at radius 3 is 2.52 bits per heavy atom. The lowest BCUT2D eigenvalue weighted by atomic mass is 9.88. The van der Waals surface area contributed by atoms with Gasteiger partial charge in [0.25, 0.3) is 5.91 Å². The molecule has 1 unspecified atom stereocenters. The molecule has 0 bridgehead atoms. The number of rotatable bonds is 4. The third-order valence-corrected chi connectivity index (χ3v) is 3.92. The molecule has 1 saturated heterocycles. The predicted octanol–water partition coefficient (Wildman–Crippen LogP) is 1.57. The minimum absolute atomic E-state index is 0. The van der Waals surface area contributed by atoms with Crippen LogP contribution in [0.3, 0.4) is 0 Å². The molecule has 2 amide bonds. The van der Waals surface area contributed by atoms with Gasteiger partial charge in [-0.3, -0.25) is 9.59 Å². The fraction of sp³-hybridized carbons (Fsp3) is 0.467. The summed E-state index contributed by atoms with van der Waals surface area (Å²) in [6.45, 7) is 5.65. The second-order valence-corrected chi connectivity index (χ2v) is 5.31. The van der Waals surface area contributed by atoms with Gasteiger partial charge in [0.2, 0.25) is 5.91 Å². The van der Waals surface area contributed by atoms with Crippen molar-refractivity contribution >= 4 is 29.9 Å². The van der Waals surface area contributed by atoms with Crippen LogP contribution in [0.1, 0.15) is 22.8 Å². The lowest BCUT2D eigenvalue weighted by Gasteiger charge is -2.31. The van der Waals surface area contributed by atoms with Crippen molar-refractivity contribution < 1.29 is 9.59 Å². The molecule has 1 aliphatic heterocycles. The van der Waals surface area contributed by atoms with E-state index in [1.807, 2.05) is 19.9 Å². The zero-order valence-corrected chi connectivity index (χ0v) is 13.3. The molecular weight excluding hydrogens is 290 g/mol. The van der Waals surface area contributed by atoms with Crippen molar-refractivity contribution in [3.8, 4) is 0 Å². The molecule has 1 fully saturated rings. The van der Waals surface area contributed by atoms with E-state index in [2.05, 4.69) is 16.0 Å². The van der Waals surface area contributed by atoms with Gasteiger partial charge in [-0.25, -0.2) is 0 Å². The largest absolute Gasteiger partial charge is 0.355 e. The Hall–Kier alpha value is -1.59. The molecule has 5 nitrogen and oxygen atoms in total. The summed E-state index contributed by atoms with van der Waals surface area (Å²) in [6, 6.07) is 5.32. The Balaban J connectivity index is 0.00000220. The van der Waals surface area contributed by atoms with Gasteiger partial charge in [-0.1, -0.05) is 13.0 Å². The second kappa shape index (κ2) is 7.43. The van der Waals surface area contributed by atoms with Gasteiger partial charge in [0.15, 0.2) is 0 Å². The summed E-state index contributed by atoms with van der Waals surface area (Å²) in [4.78, 5) is 23.8. The van der Waals surface area contributed by atoms with Gasteiger partial charge in [-0.05, 0) is 43.6 Å². The minimum Gasteiger partial charge on any atom is -0.355 e. The highest BCUT2D eigenvalue weighted by atomic mass is 35.5. The van der Waals surface area contributed by atoms with E-state index in [0.717, 1.165) is 18.7 Å². The van der Waals surface area contributed by atoms with Gasteiger partial charge < -0.3 is 16.0 Å². The monoisotopic (exact) mass is 311 g/mol. The van der Waals surface area contributed by atoms with Crippen LogP contribution in [0.25, 0.3) is 0 Å². The van der Waals surface area contributed by atoms with E-state index in [-0.39, 0.29) is 30.1 Å². The zero-order chi connectivity index (χ0) is 14.7. The first-order valence-corrected chi connectivity index (χ1v) is 6.87. The highest BCUT2D eigenvalue weighted by Crippen LogP contribution is 2.21. The Morgan fingerprint density at radius 1 is 1.33 bits per heavy atom. The van der Waals surface area contributed by atoms with E-state index in [1.54, 1.807) is 19.2 Å². The highest BCUT2D eigenvalue weighted by Gasteiger charge is 2.28. The summed E-state index contributed by atoms with van der Waals surface area (Å²) in [6.07, 6.45) is 0. The van der Waals surface area contributed by atoms with Crippen molar-refractivity contribution in [2.24, 2.45) is 11.8 Å². The van der Waals surface area contributed by atoms with Crippen molar-refractivity contribution in [2.75, 3.05) is 25.5 Å². The molecule has 0 aliphatic carbocycles.